The number of nitrogens with one attached hydrogen (secondary N) is 2. The lowest BCUT2D eigenvalue weighted by atomic mass is 10.1. The maximum absolute atomic E-state index is 12.7. The van der Waals surface area contributed by atoms with Crippen molar-refractivity contribution in [3.8, 4) is 0 Å². The highest BCUT2D eigenvalue weighted by atomic mass is 35.5. The van der Waals surface area contributed by atoms with Crippen LogP contribution in [0.1, 0.15) is 53.9 Å². The maximum atomic E-state index is 12.7. The number of hydrogen-bond acceptors (Lipinski definition) is 4. The van der Waals surface area contributed by atoms with Crippen molar-refractivity contribution in [3.63, 3.8) is 0 Å². The molecule has 2 saturated carbocycles. The maximum Gasteiger partial charge on any atom is 0.255 e. The number of nitrogens with zero attached hydrogens (tertiary/aromatic N) is 2. The monoisotopic (exact) mass is 452 g/mol. The molecule has 3 fully saturated rings. The summed E-state index contributed by atoms with van der Waals surface area (Å²) >= 11 is 0. The predicted octanol–water partition coefficient (Wildman–Crippen LogP) is 4.01. The predicted molar refractivity (Wildman–Crippen MR) is 122 cm³/mol. The Labute approximate surface area is 190 Å². The van der Waals surface area contributed by atoms with Crippen LogP contribution in [0.25, 0.3) is 0 Å². The van der Waals surface area contributed by atoms with E-state index in [-0.39, 0.29) is 30.7 Å². The molecular formula is C22H30Cl2N4O2. The zero-order valence-electron chi connectivity index (χ0n) is 17.0. The van der Waals surface area contributed by atoms with Crippen molar-refractivity contribution >= 4 is 36.4 Å². The molecule has 0 spiro atoms. The highest BCUT2D eigenvalue weighted by Gasteiger charge is 2.39. The third-order valence-corrected chi connectivity index (χ3v) is 6.07. The van der Waals surface area contributed by atoms with Gasteiger partial charge in [-0.3, -0.25) is 9.48 Å². The van der Waals surface area contributed by atoms with Crippen LogP contribution >= 0.6 is 24.8 Å². The van der Waals surface area contributed by atoms with Crippen molar-refractivity contribution in [2.45, 2.75) is 56.7 Å². The number of anilines is 1. The first-order chi connectivity index (χ1) is 13.7. The second-order valence-corrected chi connectivity index (χ2v) is 8.48. The van der Waals surface area contributed by atoms with Gasteiger partial charge in [-0.1, -0.05) is 12.1 Å². The van der Waals surface area contributed by atoms with Crippen LogP contribution in [0.4, 0.5) is 5.69 Å². The van der Waals surface area contributed by atoms with E-state index in [1.807, 2.05) is 29.1 Å². The van der Waals surface area contributed by atoms with E-state index in [2.05, 4.69) is 21.8 Å². The lowest BCUT2D eigenvalue weighted by Crippen LogP contribution is -2.36. The van der Waals surface area contributed by atoms with Crippen LogP contribution < -0.4 is 10.6 Å². The quantitative estimate of drug-likeness (QED) is 0.665. The van der Waals surface area contributed by atoms with Crippen LogP contribution in [-0.4, -0.2) is 41.0 Å². The molecule has 1 aromatic heterocycles. The van der Waals surface area contributed by atoms with Gasteiger partial charge in [0, 0.05) is 49.5 Å². The Hall–Kier alpha value is -1.60. The molecule has 3 aliphatic rings. The van der Waals surface area contributed by atoms with E-state index in [1.54, 1.807) is 6.20 Å². The Morgan fingerprint density at radius 2 is 1.97 bits per heavy atom. The number of hydrogen-bond donors (Lipinski definition) is 2. The summed E-state index contributed by atoms with van der Waals surface area (Å²) in [6, 6.07) is 9.16. The summed E-state index contributed by atoms with van der Waals surface area (Å²) in [5.74, 6) is 1.21. The normalized spacial score (nSPS) is 23.2. The highest BCUT2D eigenvalue weighted by Crippen LogP contribution is 2.41. The lowest BCUT2D eigenvalue weighted by Gasteiger charge is -2.23. The third-order valence-electron chi connectivity index (χ3n) is 6.07. The molecule has 2 aromatic rings. The number of halogens is 2. The second-order valence-electron chi connectivity index (χ2n) is 8.48. The zero-order valence-corrected chi connectivity index (χ0v) is 18.6. The summed E-state index contributed by atoms with van der Waals surface area (Å²) in [5.41, 5.74) is 2.73. The van der Waals surface area contributed by atoms with Gasteiger partial charge in [-0.15, -0.1) is 24.8 Å². The van der Waals surface area contributed by atoms with Gasteiger partial charge >= 0.3 is 0 Å². The average molecular weight is 453 g/mol. The topological polar surface area (TPSA) is 68.2 Å². The minimum Gasteiger partial charge on any atom is -0.381 e. The number of rotatable bonds is 7. The van der Waals surface area contributed by atoms with Gasteiger partial charge in [0.15, 0.2) is 0 Å². The Bertz CT molecular complexity index is 849. The summed E-state index contributed by atoms with van der Waals surface area (Å²) in [5, 5.41) is 11.1. The molecule has 30 heavy (non-hydrogen) atoms. The highest BCUT2D eigenvalue weighted by molar-refractivity contribution is 6.04. The molecule has 2 aliphatic carbocycles. The van der Waals surface area contributed by atoms with Crippen LogP contribution in [0.3, 0.4) is 0 Å². The van der Waals surface area contributed by atoms with Crippen LogP contribution in [0, 0.1) is 5.92 Å². The molecule has 164 valence electrons. The van der Waals surface area contributed by atoms with Crippen molar-refractivity contribution < 1.29 is 9.53 Å². The Kier molecular flexibility index (Phi) is 7.80. The summed E-state index contributed by atoms with van der Waals surface area (Å²) in [4.78, 5) is 12.7. The van der Waals surface area contributed by atoms with Crippen LogP contribution in [0.15, 0.2) is 36.7 Å². The van der Waals surface area contributed by atoms with Gasteiger partial charge in [-0.25, -0.2) is 0 Å². The van der Waals surface area contributed by atoms with Crippen molar-refractivity contribution in [3.05, 3.63) is 47.8 Å². The van der Waals surface area contributed by atoms with E-state index in [1.165, 1.54) is 18.4 Å². The molecule has 6 nitrogen and oxygen atoms in total. The van der Waals surface area contributed by atoms with Gasteiger partial charge in [0.2, 0.25) is 0 Å². The fourth-order valence-electron chi connectivity index (χ4n) is 4.12. The molecule has 2 unspecified atom stereocenters. The summed E-state index contributed by atoms with van der Waals surface area (Å²) in [6.45, 7) is 2.68. The van der Waals surface area contributed by atoms with Crippen LogP contribution in [0.2, 0.25) is 0 Å². The van der Waals surface area contributed by atoms with E-state index < -0.39 is 0 Å². The van der Waals surface area contributed by atoms with E-state index in [0.29, 0.717) is 23.6 Å². The van der Waals surface area contributed by atoms with Gasteiger partial charge in [0.25, 0.3) is 5.91 Å². The van der Waals surface area contributed by atoms with Gasteiger partial charge in [-0.2, -0.15) is 5.10 Å². The molecule has 2 atom stereocenters. The molecule has 2 heterocycles. The van der Waals surface area contributed by atoms with E-state index >= 15 is 0 Å². The number of carbonyl (C=O) groups is 1. The number of carbonyl (C=O) groups excluding carboxylic acids is 1. The van der Waals surface area contributed by atoms with E-state index in [4.69, 9.17) is 4.74 Å². The van der Waals surface area contributed by atoms with Crippen molar-refractivity contribution in [1.82, 2.24) is 15.1 Å². The first-order valence-electron chi connectivity index (χ1n) is 10.5. The van der Waals surface area contributed by atoms with Crippen molar-refractivity contribution in [2.24, 2.45) is 5.92 Å². The summed E-state index contributed by atoms with van der Waals surface area (Å²) in [6.07, 6.45) is 9.59. The molecule has 8 heteroatoms. The molecule has 2 N–H and O–H groups in total. The molecule has 0 radical (unpaired) electrons. The molecule has 1 saturated heterocycles. The van der Waals surface area contributed by atoms with Crippen LogP contribution in [0.5, 0.6) is 0 Å². The molecule has 1 amide bonds. The zero-order chi connectivity index (χ0) is 18.9. The molecule has 5 rings (SSSR count). The molecular weight excluding hydrogens is 423 g/mol. The number of benzene rings is 1. The minimum absolute atomic E-state index is 0. The average Bonchev–Trinajstić information content (AvgIpc) is 3.63. The number of amides is 1. The van der Waals surface area contributed by atoms with Gasteiger partial charge in [0.05, 0.1) is 11.9 Å². The van der Waals surface area contributed by atoms with Gasteiger partial charge in [0.1, 0.15) is 0 Å². The van der Waals surface area contributed by atoms with Gasteiger partial charge < -0.3 is 15.4 Å². The molecule has 1 aromatic carbocycles. The number of aromatic nitrogens is 2. The number of ether oxygens (including phenoxy) is 1. The Balaban J connectivity index is 0.00000128. The Morgan fingerprint density at radius 3 is 2.73 bits per heavy atom. The largest absolute Gasteiger partial charge is 0.381 e. The smallest absolute Gasteiger partial charge is 0.255 e. The molecule has 0 bridgehead atoms. The van der Waals surface area contributed by atoms with Crippen LogP contribution in [-0.2, 0) is 11.3 Å². The van der Waals surface area contributed by atoms with Crippen molar-refractivity contribution in [2.75, 3.05) is 18.5 Å². The fraction of sp³-hybridized carbons (Fsp3) is 0.545. The third kappa shape index (κ3) is 5.76. The summed E-state index contributed by atoms with van der Waals surface area (Å²) in [7, 11) is 0. The van der Waals surface area contributed by atoms with E-state index in [9.17, 15) is 4.79 Å². The first-order valence-corrected chi connectivity index (χ1v) is 10.5. The van der Waals surface area contributed by atoms with E-state index in [0.717, 1.165) is 50.6 Å². The summed E-state index contributed by atoms with van der Waals surface area (Å²) < 4.78 is 7.37. The SMILES string of the molecule is Cl.Cl.O=C(Nc1cnn(CC2CC2)c1)c1cccc(C2CC2NC2CCOCC2)c1. The fourth-order valence-corrected chi connectivity index (χ4v) is 4.12. The van der Waals surface area contributed by atoms with Gasteiger partial charge in [-0.05, 0) is 55.7 Å². The lowest BCUT2D eigenvalue weighted by molar-refractivity contribution is 0.0774. The Morgan fingerprint density at radius 1 is 1.17 bits per heavy atom. The van der Waals surface area contributed by atoms with Crippen molar-refractivity contribution in [1.29, 1.82) is 0 Å². The standard InChI is InChI=1S/C22H28N4O2.2ClH/c27-22(25-19-12-23-26(14-19)13-15-4-5-15)17-3-1-2-16(10-17)20-11-21(20)24-18-6-8-28-9-7-18;;/h1-3,10,12,14-15,18,20-21,24H,4-9,11,13H2,(H,25,27);2*1H. The minimum atomic E-state index is -0.0672. The first kappa shape index (κ1) is 23.1. The second kappa shape index (κ2) is 10.1. The molecule has 1 aliphatic heterocycles.